The van der Waals surface area contributed by atoms with Crippen LogP contribution in [0.1, 0.15) is 63.4 Å². The Morgan fingerprint density at radius 2 is 1.48 bits per heavy atom. The third-order valence-electron chi connectivity index (χ3n) is 4.07. The topological polar surface area (TPSA) is 107 Å². The molecule has 6 nitrogen and oxygen atoms in total. The van der Waals surface area contributed by atoms with Crippen LogP contribution in [0.5, 0.6) is 0 Å². The van der Waals surface area contributed by atoms with Crippen molar-refractivity contribution < 1.29 is 27.3 Å². The van der Waals surface area contributed by atoms with Crippen molar-refractivity contribution >= 4 is 19.0 Å². The van der Waals surface area contributed by atoms with E-state index in [4.69, 9.17) is 9.79 Å². The normalized spacial score (nSPS) is 14.4. The Balaban J connectivity index is 1.99. The van der Waals surface area contributed by atoms with E-state index in [1.807, 2.05) is 6.07 Å². The van der Waals surface area contributed by atoms with Gasteiger partial charge in [-0.3, -0.25) is 8.75 Å². The van der Waals surface area contributed by atoms with E-state index in [0.717, 1.165) is 32.1 Å². The van der Waals surface area contributed by atoms with E-state index in [9.17, 15) is 13.3 Å². The zero-order chi connectivity index (χ0) is 18.5. The predicted octanol–water partition coefficient (Wildman–Crippen LogP) is 4.05. The van der Waals surface area contributed by atoms with Gasteiger partial charge in [0.1, 0.15) is 0 Å². The lowest BCUT2D eigenvalue weighted by molar-refractivity contribution is 0.209. The summed E-state index contributed by atoms with van der Waals surface area (Å²) in [5.74, 6) is -1.55. The van der Waals surface area contributed by atoms with Gasteiger partial charge in [-0.1, -0.05) is 75.3 Å². The minimum Gasteiger partial charge on any atom is -0.750 e. The highest BCUT2D eigenvalue weighted by molar-refractivity contribution is 7.74. The molecule has 144 valence electrons. The zero-order valence-corrected chi connectivity index (χ0v) is 16.1. The second-order valence-electron chi connectivity index (χ2n) is 6.20. The van der Waals surface area contributed by atoms with Crippen LogP contribution in [-0.4, -0.2) is 24.4 Å². The molecular formula is C17H28O6PS-. The van der Waals surface area contributed by atoms with Gasteiger partial charge < -0.3 is 14.3 Å². The van der Waals surface area contributed by atoms with Gasteiger partial charge in [0.15, 0.2) is 5.85 Å². The SMILES string of the molecule is O=S([O-])OC(CCCCCCCCCCc1ccccc1)P(=O)(O)O. The molecule has 0 fully saturated rings. The molecule has 0 aliphatic heterocycles. The molecule has 0 aromatic heterocycles. The van der Waals surface area contributed by atoms with Gasteiger partial charge in [0.25, 0.3) is 0 Å². The van der Waals surface area contributed by atoms with Crippen LogP contribution in [0, 0.1) is 0 Å². The van der Waals surface area contributed by atoms with E-state index in [0.29, 0.717) is 6.42 Å². The van der Waals surface area contributed by atoms with Crippen LogP contribution in [0.3, 0.4) is 0 Å². The van der Waals surface area contributed by atoms with E-state index in [-0.39, 0.29) is 6.42 Å². The number of aryl methyl sites for hydroxylation is 1. The molecule has 8 heteroatoms. The largest absolute Gasteiger partial charge is 0.750 e. The lowest BCUT2D eigenvalue weighted by Gasteiger charge is -2.19. The summed E-state index contributed by atoms with van der Waals surface area (Å²) in [6.07, 6.45) is 9.33. The first-order chi connectivity index (χ1) is 11.9. The molecule has 0 radical (unpaired) electrons. The number of rotatable bonds is 14. The summed E-state index contributed by atoms with van der Waals surface area (Å²) in [6, 6.07) is 10.4. The van der Waals surface area contributed by atoms with Crippen LogP contribution in [-0.2, 0) is 26.5 Å². The van der Waals surface area contributed by atoms with Gasteiger partial charge in [0.05, 0.1) is 11.4 Å². The third-order valence-corrected chi connectivity index (χ3v) is 5.72. The minimum atomic E-state index is -4.54. The van der Waals surface area contributed by atoms with Crippen molar-refractivity contribution in [1.82, 2.24) is 0 Å². The molecule has 2 unspecified atom stereocenters. The molecule has 1 aromatic rings. The fraction of sp³-hybridized carbons (Fsp3) is 0.647. The van der Waals surface area contributed by atoms with Crippen LogP contribution in [0.2, 0.25) is 0 Å². The summed E-state index contributed by atoms with van der Waals surface area (Å²) >= 11 is -2.91. The molecule has 2 N–H and O–H groups in total. The number of unbranched alkanes of at least 4 members (excludes halogenated alkanes) is 7. The Hall–Kier alpha value is -0.560. The van der Waals surface area contributed by atoms with E-state index in [1.165, 1.54) is 24.8 Å². The molecule has 1 aromatic carbocycles. The maximum Gasteiger partial charge on any atom is 0.355 e. The Morgan fingerprint density at radius 1 is 0.960 bits per heavy atom. The first-order valence-corrected chi connectivity index (χ1v) is 11.4. The minimum absolute atomic E-state index is 0.0509. The highest BCUT2D eigenvalue weighted by atomic mass is 32.2. The smallest absolute Gasteiger partial charge is 0.355 e. The third kappa shape index (κ3) is 11.6. The average molecular weight is 391 g/mol. The summed E-state index contributed by atoms with van der Waals surface area (Å²) in [7, 11) is -4.54. The standard InChI is InChI=1S/C17H29O6PS/c18-24(19,20)17(23-25(21)22)15-11-6-4-2-1-3-5-8-12-16-13-9-7-10-14-16/h7,9-10,13-14,17H,1-6,8,11-12,15H2,(H,21,22)(H2,18,19,20)/p-1. The van der Waals surface area contributed by atoms with Gasteiger partial charge in [-0.05, 0) is 24.8 Å². The molecule has 0 heterocycles. The summed E-state index contributed by atoms with van der Waals surface area (Å²) in [5, 5.41) is 0. The molecule has 25 heavy (non-hydrogen) atoms. The van der Waals surface area contributed by atoms with E-state index in [2.05, 4.69) is 28.4 Å². The molecule has 0 spiro atoms. The Morgan fingerprint density at radius 3 is 2.00 bits per heavy atom. The van der Waals surface area contributed by atoms with Crippen molar-refractivity contribution in [3.63, 3.8) is 0 Å². The predicted molar refractivity (Wildman–Crippen MR) is 97.5 cm³/mol. The van der Waals surface area contributed by atoms with Crippen molar-refractivity contribution in [1.29, 1.82) is 0 Å². The maximum atomic E-state index is 11.1. The van der Waals surface area contributed by atoms with Gasteiger partial charge in [-0.25, -0.2) is 4.21 Å². The summed E-state index contributed by atoms with van der Waals surface area (Å²) < 4.78 is 36.3. The number of benzene rings is 1. The van der Waals surface area contributed by atoms with E-state index in [1.54, 1.807) is 0 Å². The molecule has 0 bridgehead atoms. The van der Waals surface area contributed by atoms with Gasteiger partial charge in [-0.2, -0.15) is 0 Å². The molecule has 0 saturated heterocycles. The molecule has 0 saturated carbocycles. The van der Waals surface area contributed by atoms with Gasteiger partial charge >= 0.3 is 7.60 Å². The molecule has 0 aliphatic rings. The number of hydrogen-bond donors (Lipinski definition) is 2. The van der Waals surface area contributed by atoms with Gasteiger partial charge in [0, 0.05) is 0 Å². The molecular weight excluding hydrogens is 363 g/mol. The van der Waals surface area contributed by atoms with Gasteiger partial charge in [0.2, 0.25) is 0 Å². The first kappa shape index (κ1) is 22.5. The summed E-state index contributed by atoms with van der Waals surface area (Å²) in [6.45, 7) is 0. The Kier molecular flexibility index (Phi) is 11.5. The Bertz CT molecular complexity index is 533. The maximum absolute atomic E-state index is 11.1. The van der Waals surface area contributed by atoms with Crippen LogP contribution in [0.25, 0.3) is 0 Å². The Labute approximate surface area is 152 Å². The van der Waals surface area contributed by atoms with Crippen LogP contribution in [0.15, 0.2) is 30.3 Å². The van der Waals surface area contributed by atoms with E-state index < -0.39 is 24.8 Å². The fourth-order valence-corrected chi connectivity index (χ4v) is 4.17. The average Bonchev–Trinajstić information content (AvgIpc) is 2.55. The van der Waals surface area contributed by atoms with E-state index >= 15 is 0 Å². The quantitative estimate of drug-likeness (QED) is 0.281. The van der Waals surface area contributed by atoms with Crippen molar-refractivity contribution in [2.24, 2.45) is 0 Å². The lowest BCUT2D eigenvalue weighted by Crippen LogP contribution is -2.14. The highest BCUT2D eigenvalue weighted by Crippen LogP contribution is 2.44. The lowest BCUT2D eigenvalue weighted by atomic mass is 10.0. The fourth-order valence-electron chi connectivity index (χ4n) is 2.72. The second-order valence-corrected chi connectivity index (χ2v) is 8.55. The number of hydrogen-bond acceptors (Lipinski definition) is 4. The van der Waals surface area contributed by atoms with Crippen molar-refractivity contribution in [3.05, 3.63) is 35.9 Å². The monoisotopic (exact) mass is 391 g/mol. The molecule has 0 aliphatic carbocycles. The van der Waals surface area contributed by atoms with Crippen molar-refractivity contribution in [3.8, 4) is 0 Å². The summed E-state index contributed by atoms with van der Waals surface area (Å²) in [4.78, 5) is 18.1. The molecule has 0 amide bonds. The van der Waals surface area contributed by atoms with Gasteiger partial charge in [-0.15, -0.1) is 0 Å². The van der Waals surface area contributed by atoms with Crippen molar-refractivity contribution in [2.75, 3.05) is 0 Å². The zero-order valence-electron chi connectivity index (χ0n) is 14.4. The highest BCUT2D eigenvalue weighted by Gasteiger charge is 2.29. The van der Waals surface area contributed by atoms with Crippen LogP contribution < -0.4 is 0 Å². The van der Waals surface area contributed by atoms with Crippen LogP contribution in [0.4, 0.5) is 0 Å². The van der Waals surface area contributed by atoms with Crippen LogP contribution >= 0.6 is 7.60 Å². The molecule has 2 atom stereocenters. The molecule has 1 rings (SSSR count). The first-order valence-electron chi connectivity index (χ1n) is 8.75. The summed E-state index contributed by atoms with van der Waals surface area (Å²) in [5.41, 5.74) is 1.38. The second kappa shape index (κ2) is 12.7. The van der Waals surface area contributed by atoms with Crippen molar-refractivity contribution in [2.45, 2.75) is 70.1 Å².